The van der Waals surface area contributed by atoms with Gasteiger partial charge in [-0.15, -0.1) is 0 Å². The largest absolute Gasteiger partial charge is 0.331 e. The van der Waals surface area contributed by atoms with Crippen LogP contribution in [0.25, 0.3) is 22.6 Å². The molecule has 0 N–H and O–H groups in total. The summed E-state index contributed by atoms with van der Waals surface area (Å²) in [5.74, 6) is 1.03. The minimum Gasteiger partial charge on any atom is -0.233 e. The van der Waals surface area contributed by atoms with Crippen molar-refractivity contribution in [3.8, 4) is 22.6 Å². The molecule has 0 atom stereocenters. The quantitative estimate of drug-likeness (QED) is 0.487. The zero-order valence-corrected chi connectivity index (χ0v) is 13.2. The van der Waals surface area contributed by atoms with Crippen molar-refractivity contribution in [3.05, 3.63) is 70.9 Å². The Kier molecular flexibility index (Phi) is 2.86. The molecular formula is C20H19N2+. The number of hydrogen-bond donors (Lipinski definition) is 0. The summed E-state index contributed by atoms with van der Waals surface area (Å²) < 4.78 is 2.15. The van der Waals surface area contributed by atoms with E-state index in [0.29, 0.717) is 0 Å². The van der Waals surface area contributed by atoms with E-state index >= 15 is 0 Å². The fourth-order valence-corrected chi connectivity index (χ4v) is 3.35. The van der Waals surface area contributed by atoms with Gasteiger partial charge < -0.3 is 0 Å². The van der Waals surface area contributed by atoms with Gasteiger partial charge in [-0.2, -0.15) is 0 Å². The van der Waals surface area contributed by atoms with Gasteiger partial charge in [-0.3, -0.25) is 0 Å². The van der Waals surface area contributed by atoms with Gasteiger partial charge in [-0.25, -0.2) is 4.57 Å². The predicted octanol–water partition coefficient (Wildman–Crippen LogP) is 3.76. The summed E-state index contributed by atoms with van der Waals surface area (Å²) >= 11 is 0. The Hall–Kier alpha value is -2.48. The molecule has 0 saturated carbocycles. The number of fused-ring (bicyclic) bond motifs is 3. The van der Waals surface area contributed by atoms with E-state index in [1.165, 1.54) is 33.4 Å². The molecule has 0 amide bonds. The molecule has 0 spiro atoms. The molecule has 1 aliphatic rings. The van der Waals surface area contributed by atoms with Gasteiger partial charge in [0.2, 0.25) is 0 Å². The SMILES string of the molecule is Cc1ccc2c(c1)Cc1c[n+](C)c(-c3ccccc3C)nc1-2. The van der Waals surface area contributed by atoms with E-state index in [-0.39, 0.29) is 0 Å². The van der Waals surface area contributed by atoms with Crippen LogP contribution in [0.1, 0.15) is 22.3 Å². The molecule has 0 aliphatic heterocycles. The van der Waals surface area contributed by atoms with E-state index in [2.05, 4.69) is 74.1 Å². The lowest BCUT2D eigenvalue weighted by atomic mass is 10.1. The molecule has 1 aliphatic carbocycles. The lowest BCUT2D eigenvalue weighted by molar-refractivity contribution is -0.663. The van der Waals surface area contributed by atoms with Crippen LogP contribution in [0.2, 0.25) is 0 Å². The van der Waals surface area contributed by atoms with Crippen molar-refractivity contribution in [2.45, 2.75) is 20.3 Å². The monoisotopic (exact) mass is 287 g/mol. The predicted molar refractivity (Wildman–Crippen MR) is 88.6 cm³/mol. The van der Waals surface area contributed by atoms with Crippen LogP contribution < -0.4 is 4.57 Å². The van der Waals surface area contributed by atoms with Crippen molar-refractivity contribution < 1.29 is 4.57 Å². The molecule has 2 aromatic carbocycles. The number of hydrogen-bond acceptors (Lipinski definition) is 1. The second kappa shape index (κ2) is 4.77. The summed E-state index contributed by atoms with van der Waals surface area (Å²) in [7, 11) is 2.09. The van der Waals surface area contributed by atoms with Crippen LogP contribution in [-0.2, 0) is 13.5 Å². The average molecular weight is 287 g/mol. The maximum atomic E-state index is 5.02. The van der Waals surface area contributed by atoms with Crippen molar-refractivity contribution in [3.63, 3.8) is 0 Å². The molecule has 0 radical (unpaired) electrons. The van der Waals surface area contributed by atoms with Gasteiger partial charge in [0.05, 0.1) is 18.8 Å². The Morgan fingerprint density at radius 2 is 1.77 bits per heavy atom. The van der Waals surface area contributed by atoms with Crippen molar-refractivity contribution >= 4 is 0 Å². The van der Waals surface area contributed by atoms with Gasteiger partial charge in [0.1, 0.15) is 0 Å². The van der Waals surface area contributed by atoms with E-state index in [4.69, 9.17) is 4.98 Å². The Morgan fingerprint density at radius 1 is 0.955 bits per heavy atom. The smallest absolute Gasteiger partial charge is 0.233 e. The number of rotatable bonds is 1. The molecule has 1 heterocycles. The Morgan fingerprint density at radius 3 is 2.59 bits per heavy atom. The van der Waals surface area contributed by atoms with Crippen LogP contribution in [-0.4, -0.2) is 4.98 Å². The molecule has 0 fully saturated rings. The van der Waals surface area contributed by atoms with E-state index in [1.807, 2.05) is 0 Å². The lowest BCUT2D eigenvalue weighted by Gasteiger charge is -2.04. The molecule has 1 aromatic heterocycles. The average Bonchev–Trinajstić information content (AvgIpc) is 2.83. The molecule has 0 bridgehead atoms. The number of aromatic nitrogens is 2. The van der Waals surface area contributed by atoms with Gasteiger partial charge >= 0.3 is 5.82 Å². The molecule has 2 nitrogen and oxygen atoms in total. The summed E-state index contributed by atoms with van der Waals surface area (Å²) in [5, 5.41) is 0. The van der Waals surface area contributed by atoms with Gasteiger partial charge in [-0.1, -0.05) is 35.9 Å². The highest BCUT2D eigenvalue weighted by atomic mass is 15.0. The first kappa shape index (κ1) is 13.2. The second-order valence-corrected chi connectivity index (χ2v) is 6.20. The number of benzene rings is 2. The molecule has 4 rings (SSSR count). The molecule has 2 heteroatoms. The number of aryl methyl sites for hydroxylation is 3. The highest BCUT2D eigenvalue weighted by Crippen LogP contribution is 2.35. The molecular weight excluding hydrogens is 268 g/mol. The first-order valence-corrected chi connectivity index (χ1v) is 7.69. The summed E-state index contributed by atoms with van der Waals surface area (Å²) in [5.41, 5.74) is 8.92. The topological polar surface area (TPSA) is 16.8 Å². The second-order valence-electron chi connectivity index (χ2n) is 6.20. The normalized spacial score (nSPS) is 12.1. The van der Waals surface area contributed by atoms with Crippen LogP contribution in [0, 0.1) is 13.8 Å². The molecule has 108 valence electrons. The highest BCUT2D eigenvalue weighted by Gasteiger charge is 2.28. The number of nitrogens with zero attached hydrogens (tertiary/aromatic N) is 2. The van der Waals surface area contributed by atoms with Gasteiger partial charge in [0.15, 0.2) is 5.69 Å². The van der Waals surface area contributed by atoms with Crippen molar-refractivity contribution in [2.24, 2.45) is 7.05 Å². The first-order chi connectivity index (χ1) is 10.6. The van der Waals surface area contributed by atoms with Gasteiger partial charge in [0.25, 0.3) is 0 Å². The minimum atomic E-state index is 0.987. The summed E-state index contributed by atoms with van der Waals surface area (Å²) in [6.45, 7) is 4.29. The van der Waals surface area contributed by atoms with Crippen molar-refractivity contribution in [1.29, 1.82) is 0 Å². The Balaban J connectivity index is 1.94. The Labute approximate surface area is 131 Å². The van der Waals surface area contributed by atoms with Gasteiger partial charge in [0, 0.05) is 17.5 Å². The summed E-state index contributed by atoms with van der Waals surface area (Å²) in [4.78, 5) is 5.02. The first-order valence-electron chi connectivity index (χ1n) is 7.69. The van der Waals surface area contributed by atoms with E-state index in [1.54, 1.807) is 0 Å². The van der Waals surface area contributed by atoms with E-state index in [9.17, 15) is 0 Å². The van der Waals surface area contributed by atoms with E-state index in [0.717, 1.165) is 17.9 Å². The molecule has 0 unspecified atom stereocenters. The maximum absolute atomic E-state index is 5.02. The van der Waals surface area contributed by atoms with Crippen LogP contribution in [0.5, 0.6) is 0 Å². The van der Waals surface area contributed by atoms with Crippen LogP contribution in [0.4, 0.5) is 0 Å². The standard InChI is InChI=1S/C20H19N2/c1-13-8-9-18-15(10-13)11-16-12-22(3)20(21-19(16)18)17-7-5-4-6-14(17)2/h4-10,12H,11H2,1-3H3/q+1. The molecule has 0 saturated heterocycles. The lowest BCUT2D eigenvalue weighted by Crippen LogP contribution is -2.33. The van der Waals surface area contributed by atoms with Crippen molar-refractivity contribution in [1.82, 2.24) is 4.98 Å². The maximum Gasteiger partial charge on any atom is 0.331 e. The zero-order chi connectivity index (χ0) is 15.3. The fraction of sp³-hybridized carbons (Fsp3) is 0.200. The highest BCUT2D eigenvalue weighted by molar-refractivity contribution is 5.74. The summed E-state index contributed by atoms with van der Waals surface area (Å²) in [6.07, 6.45) is 3.22. The fourth-order valence-electron chi connectivity index (χ4n) is 3.35. The van der Waals surface area contributed by atoms with Crippen LogP contribution in [0.3, 0.4) is 0 Å². The van der Waals surface area contributed by atoms with Gasteiger partial charge in [-0.05, 0) is 42.1 Å². The van der Waals surface area contributed by atoms with Crippen LogP contribution >= 0.6 is 0 Å². The van der Waals surface area contributed by atoms with Crippen LogP contribution in [0.15, 0.2) is 48.7 Å². The summed E-state index contributed by atoms with van der Waals surface area (Å²) in [6, 6.07) is 15.1. The Bertz CT molecular complexity index is 894. The third-order valence-electron chi connectivity index (χ3n) is 4.49. The molecule has 3 aromatic rings. The minimum absolute atomic E-state index is 0.987. The van der Waals surface area contributed by atoms with E-state index < -0.39 is 0 Å². The third kappa shape index (κ3) is 1.95. The third-order valence-corrected chi connectivity index (χ3v) is 4.49. The van der Waals surface area contributed by atoms with Crippen molar-refractivity contribution in [2.75, 3.05) is 0 Å². The zero-order valence-electron chi connectivity index (χ0n) is 13.2. The molecule has 22 heavy (non-hydrogen) atoms.